The Morgan fingerprint density at radius 1 is 1.19 bits per heavy atom. The van der Waals surface area contributed by atoms with Gasteiger partial charge in [-0.3, -0.25) is 14.7 Å². The third kappa shape index (κ3) is 3.70. The third-order valence-corrected chi connectivity index (χ3v) is 7.07. The molecular formula is C25H28ClN3O3. The van der Waals surface area contributed by atoms with Crippen LogP contribution in [-0.2, 0) is 14.9 Å². The quantitative estimate of drug-likeness (QED) is 0.663. The Kier molecular flexibility index (Phi) is 5.93. The van der Waals surface area contributed by atoms with E-state index in [0.29, 0.717) is 17.3 Å². The van der Waals surface area contributed by atoms with Gasteiger partial charge in [0.1, 0.15) is 29.8 Å². The summed E-state index contributed by atoms with van der Waals surface area (Å²) < 4.78 is 11.7. The lowest BCUT2D eigenvalue weighted by molar-refractivity contribution is -0.111. The van der Waals surface area contributed by atoms with Gasteiger partial charge in [-0.1, -0.05) is 41.9 Å². The van der Waals surface area contributed by atoms with Crippen molar-refractivity contribution in [2.75, 3.05) is 44.5 Å². The fourth-order valence-electron chi connectivity index (χ4n) is 5.31. The number of halogens is 1. The normalized spacial score (nSPS) is 25.0. The number of anilines is 1. The number of ketones is 1. The van der Waals surface area contributed by atoms with Gasteiger partial charge >= 0.3 is 0 Å². The van der Waals surface area contributed by atoms with E-state index in [0.717, 1.165) is 62.7 Å². The van der Waals surface area contributed by atoms with E-state index in [-0.39, 0.29) is 11.8 Å². The molecule has 6 nitrogen and oxygen atoms in total. The van der Waals surface area contributed by atoms with Crippen molar-refractivity contribution in [1.29, 1.82) is 0 Å². The average Bonchev–Trinajstić information content (AvgIpc) is 3.16. The molecule has 7 heteroatoms. The van der Waals surface area contributed by atoms with Gasteiger partial charge in [0.05, 0.1) is 18.6 Å². The first-order valence-corrected chi connectivity index (χ1v) is 11.6. The summed E-state index contributed by atoms with van der Waals surface area (Å²) in [4.78, 5) is 15.4. The first kappa shape index (κ1) is 21.4. The number of hydrogen-bond donors (Lipinski definition) is 0. The summed E-state index contributed by atoms with van der Waals surface area (Å²) in [6.07, 6.45) is 1.77. The summed E-state index contributed by atoms with van der Waals surface area (Å²) in [5.74, 6) is 0.743. The maximum atomic E-state index is 13.0. The second-order valence-corrected chi connectivity index (χ2v) is 9.12. The van der Waals surface area contributed by atoms with E-state index >= 15 is 0 Å². The molecule has 168 valence electrons. The van der Waals surface area contributed by atoms with Gasteiger partial charge < -0.3 is 9.47 Å². The molecule has 3 heterocycles. The number of fused-ring (bicyclic) bond motifs is 3. The molecule has 0 radical (unpaired) electrons. The Balaban J connectivity index is 1.54. The number of hydrogen-bond acceptors (Lipinski definition) is 6. The number of Topliss-reactive ketones (excluding diaryl/α,β-unsaturated/α-hetero) is 1. The van der Waals surface area contributed by atoms with Crippen LogP contribution >= 0.6 is 11.6 Å². The zero-order valence-electron chi connectivity index (χ0n) is 18.3. The van der Waals surface area contributed by atoms with Crippen molar-refractivity contribution in [1.82, 2.24) is 4.90 Å². The minimum absolute atomic E-state index is 0.00166. The van der Waals surface area contributed by atoms with E-state index in [4.69, 9.17) is 26.2 Å². The Labute approximate surface area is 193 Å². The van der Waals surface area contributed by atoms with Crippen molar-refractivity contribution in [2.24, 2.45) is 5.10 Å². The van der Waals surface area contributed by atoms with E-state index in [9.17, 15) is 4.79 Å². The summed E-state index contributed by atoms with van der Waals surface area (Å²) >= 11 is 6.31. The van der Waals surface area contributed by atoms with Gasteiger partial charge in [0.2, 0.25) is 0 Å². The van der Waals surface area contributed by atoms with Gasteiger partial charge in [0, 0.05) is 25.0 Å². The number of carbonyl (C=O) groups excluding carboxylic acids is 1. The van der Waals surface area contributed by atoms with Gasteiger partial charge in [-0.2, -0.15) is 5.10 Å². The lowest BCUT2D eigenvalue weighted by atomic mass is 9.67. The molecule has 3 aliphatic rings. The standard InChI is InChI=1S/C25H28ClN3O3/c1-18(30)24-25(19-6-3-2-4-7-19,10-5-11-28-12-14-31-15-13-28)23-17-32-22-9-8-20(26)16-21(22)29(23)27-24/h2-4,6-9,16,23H,5,10-15,17H2,1H3/t23-,25?/m0/s1. The number of benzene rings is 2. The molecule has 0 saturated carbocycles. The van der Waals surface area contributed by atoms with Crippen LogP contribution in [0.3, 0.4) is 0 Å². The molecule has 5 rings (SSSR count). The first-order chi connectivity index (χ1) is 15.6. The molecule has 0 bridgehead atoms. The van der Waals surface area contributed by atoms with Crippen LogP contribution in [0.25, 0.3) is 0 Å². The molecule has 2 aromatic carbocycles. The Morgan fingerprint density at radius 2 is 1.97 bits per heavy atom. The van der Waals surface area contributed by atoms with Gasteiger partial charge in [-0.25, -0.2) is 0 Å². The van der Waals surface area contributed by atoms with Crippen LogP contribution in [0.2, 0.25) is 5.02 Å². The number of ether oxygens (including phenoxy) is 2. The minimum atomic E-state index is -0.542. The maximum absolute atomic E-state index is 13.0. The van der Waals surface area contributed by atoms with Crippen LogP contribution < -0.4 is 9.75 Å². The van der Waals surface area contributed by atoms with Crippen molar-refractivity contribution in [2.45, 2.75) is 31.2 Å². The summed E-state index contributed by atoms with van der Waals surface area (Å²) in [7, 11) is 0. The first-order valence-electron chi connectivity index (χ1n) is 11.3. The highest BCUT2D eigenvalue weighted by atomic mass is 35.5. The highest BCUT2D eigenvalue weighted by Crippen LogP contribution is 2.49. The van der Waals surface area contributed by atoms with Gasteiger partial charge in [0.15, 0.2) is 5.78 Å². The molecule has 0 aliphatic carbocycles. The molecule has 0 N–H and O–H groups in total. The van der Waals surface area contributed by atoms with Crippen LogP contribution in [-0.4, -0.2) is 61.9 Å². The molecule has 32 heavy (non-hydrogen) atoms. The number of rotatable bonds is 6. The molecule has 1 fully saturated rings. The fourth-order valence-corrected chi connectivity index (χ4v) is 5.48. The van der Waals surface area contributed by atoms with Crippen LogP contribution in [0.5, 0.6) is 5.75 Å². The van der Waals surface area contributed by atoms with E-state index in [1.54, 1.807) is 6.92 Å². The SMILES string of the molecule is CC(=O)C1=NN2c3cc(Cl)ccc3OC[C@H]2C1(CCCN1CCOCC1)c1ccccc1. The number of morpholine rings is 1. The molecule has 0 aromatic heterocycles. The van der Waals surface area contributed by atoms with E-state index in [1.165, 1.54) is 0 Å². The Hall–Kier alpha value is -2.41. The zero-order chi connectivity index (χ0) is 22.1. The lowest BCUT2D eigenvalue weighted by Gasteiger charge is -2.42. The number of nitrogens with zero attached hydrogens (tertiary/aromatic N) is 3. The summed E-state index contributed by atoms with van der Waals surface area (Å²) in [5.41, 5.74) is 1.99. The van der Waals surface area contributed by atoms with Crippen molar-refractivity contribution in [3.05, 3.63) is 59.1 Å². The van der Waals surface area contributed by atoms with Crippen molar-refractivity contribution in [3.63, 3.8) is 0 Å². The average molecular weight is 454 g/mol. The van der Waals surface area contributed by atoms with Crippen molar-refractivity contribution >= 4 is 28.8 Å². The molecule has 2 atom stereocenters. The highest BCUT2D eigenvalue weighted by Gasteiger charge is 2.55. The predicted molar refractivity (Wildman–Crippen MR) is 126 cm³/mol. The van der Waals surface area contributed by atoms with Crippen LogP contribution in [0, 0.1) is 0 Å². The predicted octanol–water partition coefficient (Wildman–Crippen LogP) is 3.92. The minimum Gasteiger partial charge on any atom is -0.489 e. The van der Waals surface area contributed by atoms with E-state index in [1.807, 2.05) is 41.4 Å². The maximum Gasteiger partial charge on any atom is 0.176 e. The smallest absolute Gasteiger partial charge is 0.176 e. The molecule has 0 amide bonds. The van der Waals surface area contributed by atoms with Crippen molar-refractivity contribution in [3.8, 4) is 5.75 Å². The topological polar surface area (TPSA) is 54.4 Å². The Bertz CT molecular complexity index is 1020. The molecule has 0 spiro atoms. The second kappa shape index (κ2) is 8.85. The monoisotopic (exact) mass is 453 g/mol. The molecule has 1 unspecified atom stereocenters. The molecule has 1 saturated heterocycles. The van der Waals surface area contributed by atoms with Gasteiger partial charge in [-0.15, -0.1) is 0 Å². The highest BCUT2D eigenvalue weighted by molar-refractivity contribution is 6.43. The lowest BCUT2D eigenvalue weighted by Crippen LogP contribution is -2.54. The largest absolute Gasteiger partial charge is 0.489 e. The van der Waals surface area contributed by atoms with Crippen LogP contribution in [0.15, 0.2) is 53.6 Å². The third-order valence-electron chi connectivity index (χ3n) is 6.83. The van der Waals surface area contributed by atoms with Gasteiger partial charge in [0.25, 0.3) is 0 Å². The molecule has 2 aromatic rings. The Morgan fingerprint density at radius 3 is 2.72 bits per heavy atom. The van der Waals surface area contributed by atoms with E-state index < -0.39 is 5.41 Å². The summed E-state index contributed by atoms with van der Waals surface area (Å²) in [6.45, 7) is 6.53. The zero-order valence-corrected chi connectivity index (χ0v) is 19.1. The summed E-state index contributed by atoms with van der Waals surface area (Å²) in [6, 6.07) is 15.8. The van der Waals surface area contributed by atoms with Crippen LogP contribution in [0.4, 0.5) is 5.69 Å². The fraction of sp³-hybridized carbons (Fsp3) is 0.440. The van der Waals surface area contributed by atoms with E-state index in [2.05, 4.69) is 17.0 Å². The van der Waals surface area contributed by atoms with Crippen molar-refractivity contribution < 1.29 is 14.3 Å². The molecular weight excluding hydrogens is 426 g/mol. The summed E-state index contributed by atoms with van der Waals surface area (Å²) in [5, 5.41) is 7.51. The second-order valence-electron chi connectivity index (χ2n) is 8.68. The van der Waals surface area contributed by atoms with Crippen LogP contribution in [0.1, 0.15) is 25.3 Å². The number of carbonyl (C=O) groups is 1. The van der Waals surface area contributed by atoms with Gasteiger partial charge in [-0.05, 0) is 43.1 Å². The number of hydrazone groups is 1. The molecule has 3 aliphatic heterocycles.